The van der Waals surface area contributed by atoms with Gasteiger partial charge in [0, 0.05) is 18.3 Å². The summed E-state index contributed by atoms with van der Waals surface area (Å²) in [4.78, 5) is 28.2. The topological polar surface area (TPSA) is 76.0 Å². The number of aryl methyl sites for hydroxylation is 1. The van der Waals surface area contributed by atoms with Crippen LogP contribution in [0.1, 0.15) is 57.0 Å². The maximum absolute atomic E-state index is 12.1. The van der Waals surface area contributed by atoms with Gasteiger partial charge in [-0.2, -0.15) is 0 Å². The number of nitrogens with one attached hydrogen (secondary N) is 2. The molecule has 0 bridgehead atoms. The molecule has 128 valence electrons. The van der Waals surface area contributed by atoms with Crippen molar-refractivity contribution in [3.8, 4) is 0 Å². The van der Waals surface area contributed by atoms with Gasteiger partial charge in [-0.25, -0.2) is 9.78 Å². The Morgan fingerprint density at radius 2 is 2.00 bits per heavy atom. The van der Waals surface area contributed by atoms with Gasteiger partial charge in [-0.1, -0.05) is 24.6 Å². The third kappa shape index (κ3) is 4.28. The monoisotopic (exact) mass is 338 g/mol. The number of imide groups is 1. The number of amides is 3. The molecule has 1 aliphatic rings. The molecule has 0 unspecified atom stereocenters. The number of imidazole rings is 1. The number of urea groups is 1. The Hall–Kier alpha value is -1.50. The lowest BCUT2D eigenvalue weighted by Crippen LogP contribution is -2.42. The van der Waals surface area contributed by atoms with E-state index < -0.39 is 6.03 Å². The van der Waals surface area contributed by atoms with Crippen LogP contribution in [0.2, 0.25) is 0 Å². The Balaban J connectivity index is 2.08. The lowest BCUT2D eigenvalue weighted by atomic mass is 10.2. The number of carbonyl (C=O) groups is 2. The second-order valence-corrected chi connectivity index (χ2v) is 7.29. The van der Waals surface area contributed by atoms with E-state index in [4.69, 9.17) is 0 Å². The Kier molecular flexibility index (Phi) is 6.10. The quantitative estimate of drug-likeness (QED) is 0.809. The molecule has 3 amide bonds. The SMILES string of the molecule is CCNC(=O)NC(=O)[C@H](C)Sc1nc(C)c(C)n1C1CCCC1. The summed E-state index contributed by atoms with van der Waals surface area (Å²) in [5, 5.41) is 5.43. The van der Waals surface area contributed by atoms with Gasteiger partial charge in [0.2, 0.25) is 5.91 Å². The predicted octanol–water partition coefficient (Wildman–Crippen LogP) is 2.94. The van der Waals surface area contributed by atoms with Crippen LogP contribution in [-0.4, -0.2) is 33.3 Å². The summed E-state index contributed by atoms with van der Waals surface area (Å²) in [6.07, 6.45) is 4.84. The Morgan fingerprint density at radius 3 is 2.61 bits per heavy atom. The molecular formula is C16H26N4O2S. The number of thioether (sulfide) groups is 1. The number of nitrogens with zero attached hydrogens (tertiary/aromatic N) is 2. The van der Waals surface area contributed by atoms with Crippen LogP contribution in [0.4, 0.5) is 4.79 Å². The normalized spacial score (nSPS) is 16.3. The van der Waals surface area contributed by atoms with Gasteiger partial charge in [-0.15, -0.1) is 0 Å². The largest absolute Gasteiger partial charge is 0.338 e. The van der Waals surface area contributed by atoms with Crippen LogP contribution >= 0.6 is 11.8 Å². The molecule has 0 radical (unpaired) electrons. The molecule has 1 fully saturated rings. The zero-order valence-electron chi connectivity index (χ0n) is 14.3. The Bertz CT molecular complexity index is 579. The van der Waals surface area contributed by atoms with E-state index in [9.17, 15) is 9.59 Å². The molecule has 1 saturated carbocycles. The average molecular weight is 338 g/mol. The molecule has 23 heavy (non-hydrogen) atoms. The van der Waals surface area contributed by atoms with Crippen LogP contribution in [0.5, 0.6) is 0 Å². The number of carbonyl (C=O) groups excluding carboxylic acids is 2. The highest BCUT2D eigenvalue weighted by Crippen LogP contribution is 2.36. The fraction of sp³-hybridized carbons (Fsp3) is 0.688. The number of hydrogen-bond donors (Lipinski definition) is 2. The first-order valence-electron chi connectivity index (χ1n) is 8.24. The third-order valence-corrected chi connectivity index (χ3v) is 5.34. The lowest BCUT2D eigenvalue weighted by Gasteiger charge is -2.18. The van der Waals surface area contributed by atoms with Crippen molar-refractivity contribution in [3.63, 3.8) is 0 Å². The van der Waals surface area contributed by atoms with E-state index in [1.54, 1.807) is 6.92 Å². The van der Waals surface area contributed by atoms with Gasteiger partial charge in [0.1, 0.15) is 0 Å². The molecule has 1 heterocycles. The minimum atomic E-state index is -0.448. The van der Waals surface area contributed by atoms with E-state index in [0.29, 0.717) is 12.6 Å². The minimum absolute atomic E-state index is 0.294. The van der Waals surface area contributed by atoms with Crippen LogP contribution in [0, 0.1) is 13.8 Å². The first kappa shape index (κ1) is 17.8. The van der Waals surface area contributed by atoms with Crippen molar-refractivity contribution < 1.29 is 9.59 Å². The van der Waals surface area contributed by atoms with Crippen LogP contribution in [-0.2, 0) is 4.79 Å². The highest BCUT2D eigenvalue weighted by Gasteiger charge is 2.26. The highest BCUT2D eigenvalue weighted by molar-refractivity contribution is 8.00. The molecule has 0 aliphatic heterocycles. The Labute approximate surface area is 141 Å². The van der Waals surface area contributed by atoms with E-state index in [-0.39, 0.29) is 11.2 Å². The third-order valence-electron chi connectivity index (χ3n) is 4.27. The molecule has 1 aromatic heterocycles. The molecular weight excluding hydrogens is 312 g/mol. The molecule has 1 atom stereocenters. The first-order chi connectivity index (χ1) is 10.9. The molecule has 0 spiro atoms. The smallest absolute Gasteiger partial charge is 0.321 e. The van der Waals surface area contributed by atoms with Crippen molar-refractivity contribution in [1.82, 2.24) is 20.2 Å². The number of aromatic nitrogens is 2. The van der Waals surface area contributed by atoms with Crippen molar-refractivity contribution in [2.75, 3.05) is 6.54 Å². The van der Waals surface area contributed by atoms with Gasteiger partial charge in [0.15, 0.2) is 5.16 Å². The molecule has 1 aromatic rings. The summed E-state index contributed by atoms with van der Waals surface area (Å²) in [7, 11) is 0. The summed E-state index contributed by atoms with van der Waals surface area (Å²) >= 11 is 1.42. The second kappa shape index (κ2) is 7.86. The van der Waals surface area contributed by atoms with E-state index in [1.165, 1.54) is 43.1 Å². The van der Waals surface area contributed by atoms with Crippen LogP contribution in [0.15, 0.2) is 5.16 Å². The summed E-state index contributed by atoms with van der Waals surface area (Å²) < 4.78 is 2.28. The summed E-state index contributed by atoms with van der Waals surface area (Å²) in [5.74, 6) is -0.294. The summed E-state index contributed by atoms with van der Waals surface area (Å²) in [6.45, 7) is 8.20. The van der Waals surface area contributed by atoms with Gasteiger partial charge < -0.3 is 9.88 Å². The van der Waals surface area contributed by atoms with E-state index in [1.807, 2.05) is 13.8 Å². The molecule has 0 saturated heterocycles. The molecule has 7 heteroatoms. The first-order valence-corrected chi connectivity index (χ1v) is 9.12. The van der Waals surface area contributed by atoms with Crippen molar-refractivity contribution >= 4 is 23.7 Å². The van der Waals surface area contributed by atoms with Gasteiger partial charge in [-0.3, -0.25) is 10.1 Å². The highest BCUT2D eigenvalue weighted by atomic mass is 32.2. The zero-order valence-corrected chi connectivity index (χ0v) is 15.1. The fourth-order valence-corrected chi connectivity index (χ4v) is 3.97. The van der Waals surface area contributed by atoms with Crippen molar-refractivity contribution in [2.24, 2.45) is 0 Å². The summed E-state index contributed by atoms with van der Waals surface area (Å²) in [6, 6.07) is 0.0359. The van der Waals surface area contributed by atoms with Gasteiger partial charge in [-0.05, 0) is 40.5 Å². The van der Waals surface area contributed by atoms with Crippen molar-refractivity contribution in [1.29, 1.82) is 0 Å². The maximum Gasteiger partial charge on any atom is 0.321 e. The van der Waals surface area contributed by atoms with Crippen LogP contribution in [0.3, 0.4) is 0 Å². The summed E-state index contributed by atoms with van der Waals surface area (Å²) in [5.41, 5.74) is 2.19. The fourth-order valence-electron chi connectivity index (χ4n) is 2.90. The van der Waals surface area contributed by atoms with Gasteiger partial charge >= 0.3 is 6.03 Å². The standard InChI is InChI=1S/C16H26N4O2S/c1-5-17-15(22)19-14(21)12(4)23-16-18-10(2)11(3)20(16)13-8-6-7-9-13/h12-13H,5-9H2,1-4H3,(H2,17,19,21,22)/t12-/m0/s1. The van der Waals surface area contributed by atoms with Crippen LogP contribution in [0.25, 0.3) is 0 Å². The van der Waals surface area contributed by atoms with Gasteiger partial charge in [0.05, 0.1) is 10.9 Å². The predicted molar refractivity (Wildman–Crippen MR) is 91.7 cm³/mol. The molecule has 6 nitrogen and oxygen atoms in total. The van der Waals surface area contributed by atoms with E-state index >= 15 is 0 Å². The minimum Gasteiger partial charge on any atom is -0.338 e. The molecule has 2 N–H and O–H groups in total. The zero-order chi connectivity index (χ0) is 17.0. The van der Waals surface area contributed by atoms with Gasteiger partial charge in [0.25, 0.3) is 0 Å². The van der Waals surface area contributed by atoms with Crippen LogP contribution < -0.4 is 10.6 Å². The van der Waals surface area contributed by atoms with Crippen molar-refractivity contribution in [2.45, 2.75) is 69.8 Å². The second-order valence-electron chi connectivity index (χ2n) is 5.98. The molecule has 1 aliphatic carbocycles. The van der Waals surface area contributed by atoms with E-state index in [2.05, 4.69) is 27.1 Å². The molecule has 2 rings (SSSR count). The molecule has 0 aromatic carbocycles. The number of hydrogen-bond acceptors (Lipinski definition) is 4. The number of rotatable bonds is 5. The Morgan fingerprint density at radius 1 is 1.35 bits per heavy atom. The average Bonchev–Trinajstić information content (AvgIpc) is 3.08. The maximum atomic E-state index is 12.1. The van der Waals surface area contributed by atoms with Crippen molar-refractivity contribution in [3.05, 3.63) is 11.4 Å². The lowest BCUT2D eigenvalue weighted by molar-refractivity contribution is -0.119. The van der Waals surface area contributed by atoms with E-state index in [0.717, 1.165) is 10.9 Å².